The molecule has 1 aromatic heterocycles. The van der Waals surface area contributed by atoms with Crippen molar-refractivity contribution in [3.05, 3.63) is 43.2 Å². The fourth-order valence-electron chi connectivity index (χ4n) is 1.78. The summed E-state index contributed by atoms with van der Waals surface area (Å²) in [6.45, 7) is 5.98. The number of benzene rings is 1. The van der Waals surface area contributed by atoms with Gasteiger partial charge in [-0.2, -0.15) is 8.78 Å². The first-order valence-corrected chi connectivity index (χ1v) is 8.76. The predicted octanol–water partition coefficient (Wildman–Crippen LogP) is 3.90. The van der Waals surface area contributed by atoms with Crippen LogP contribution in [0.1, 0.15) is 6.92 Å². The van der Waals surface area contributed by atoms with Gasteiger partial charge in [-0.05, 0) is 31.2 Å². The van der Waals surface area contributed by atoms with Crippen molar-refractivity contribution in [2.45, 2.75) is 34.5 Å². The highest BCUT2D eigenvalue weighted by Crippen LogP contribution is 2.27. The fourth-order valence-corrected chi connectivity index (χ4v) is 3.11. The Morgan fingerprint density at radius 3 is 2.71 bits per heavy atom. The van der Waals surface area contributed by atoms with Crippen LogP contribution in [-0.4, -0.2) is 31.7 Å². The number of aromatic nitrogens is 3. The van der Waals surface area contributed by atoms with E-state index in [1.165, 1.54) is 11.8 Å². The molecule has 1 N–H and O–H groups in total. The van der Waals surface area contributed by atoms with Gasteiger partial charge < -0.3 is 9.88 Å². The molecule has 1 atom stereocenters. The Morgan fingerprint density at radius 2 is 2.08 bits per heavy atom. The van der Waals surface area contributed by atoms with Gasteiger partial charge in [-0.15, -0.1) is 16.8 Å². The zero-order valence-electron chi connectivity index (χ0n) is 12.9. The van der Waals surface area contributed by atoms with E-state index < -0.39 is 11.0 Å². The molecule has 0 radical (unpaired) electrons. The first-order chi connectivity index (χ1) is 11.5. The standard InChI is InChI=1S/C15H16F2N4OS2/c1-3-8-21-9-18-20-15(21)23-10(2)13(22)19-11-4-6-12(7-5-11)24-14(16)17/h3-7,9-10,14H,1,8H2,2H3,(H,19,22)/t10-/m0/s1. The zero-order chi connectivity index (χ0) is 17.5. The number of alkyl halides is 2. The highest BCUT2D eigenvalue weighted by molar-refractivity contribution is 8.00. The first-order valence-electron chi connectivity index (χ1n) is 7.00. The lowest BCUT2D eigenvalue weighted by Crippen LogP contribution is -2.22. The second-order valence-corrected chi connectivity index (χ2v) is 7.08. The van der Waals surface area contributed by atoms with Crippen LogP contribution in [0.2, 0.25) is 0 Å². The van der Waals surface area contributed by atoms with Gasteiger partial charge in [-0.1, -0.05) is 29.6 Å². The van der Waals surface area contributed by atoms with E-state index in [1.807, 2.05) is 0 Å². The van der Waals surface area contributed by atoms with E-state index in [9.17, 15) is 13.6 Å². The SMILES string of the molecule is C=CCn1cnnc1S[C@@H](C)C(=O)Nc1ccc(SC(F)F)cc1. The van der Waals surface area contributed by atoms with Crippen LogP contribution in [0.3, 0.4) is 0 Å². The Hall–Kier alpha value is -1.87. The second kappa shape index (κ2) is 8.84. The minimum Gasteiger partial charge on any atom is -0.325 e. The molecular formula is C15H16F2N4OS2. The number of anilines is 1. The van der Waals surface area contributed by atoms with E-state index in [0.29, 0.717) is 34.0 Å². The minimum absolute atomic E-state index is 0.206. The van der Waals surface area contributed by atoms with Gasteiger partial charge in [-0.3, -0.25) is 4.79 Å². The van der Waals surface area contributed by atoms with Crippen LogP contribution in [0.5, 0.6) is 0 Å². The maximum atomic E-state index is 12.3. The van der Waals surface area contributed by atoms with Crippen molar-refractivity contribution in [1.29, 1.82) is 0 Å². The molecule has 0 saturated heterocycles. The number of carbonyl (C=O) groups excluding carboxylic acids is 1. The Bertz CT molecular complexity index is 691. The molecular weight excluding hydrogens is 354 g/mol. The molecule has 1 aromatic carbocycles. The largest absolute Gasteiger partial charge is 0.325 e. The summed E-state index contributed by atoms with van der Waals surface area (Å²) >= 11 is 1.75. The van der Waals surface area contributed by atoms with E-state index in [2.05, 4.69) is 22.1 Å². The Labute approximate surface area is 146 Å². The maximum absolute atomic E-state index is 12.3. The molecule has 24 heavy (non-hydrogen) atoms. The molecule has 1 amide bonds. The van der Waals surface area contributed by atoms with E-state index in [-0.39, 0.29) is 5.91 Å². The highest BCUT2D eigenvalue weighted by Gasteiger charge is 2.18. The van der Waals surface area contributed by atoms with Gasteiger partial charge in [0.2, 0.25) is 5.91 Å². The number of hydrogen-bond donors (Lipinski definition) is 1. The molecule has 0 aliphatic rings. The molecule has 0 aliphatic heterocycles. The molecule has 0 aliphatic carbocycles. The van der Waals surface area contributed by atoms with E-state index in [4.69, 9.17) is 0 Å². The summed E-state index contributed by atoms with van der Waals surface area (Å²) < 4.78 is 26.3. The summed E-state index contributed by atoms with van der Waals surface area (Å²) in [7, 11) is 0. The van der Waals surface area contributed by atoms with Crippen molar-refractivity contribution < 1.29 is 13.6 Å². The average molecular weight is 370 g/mol. The highest BCUT2D eigenvalue weighted by atomic mass is 32.2. The smallest absolute Gasteiger partial charge is 0.288 e. The molecule has 1 heterocycles. The maximum Gasteiger partial charge on any atom is 0.288 e. The molecule has 0 unspecified atom stereocenters. The van der Waals surface area contributed by atoms with Crippen molar-refractivity contribution in [3.63, 3.8) is 0 Å². The monoisotopic (exact) mass is 370 g/mol. The second-order valence-electron chi connectivity index (χ2n) is 4.71. The fraction of sp³-hybridized carbons (Fsp3) is 0.267. The summed E-state index contributed by atoms with van der Waals surface area (Å²) in [4.78, 5) is 12.7. The van der Waals surface area contributed by atoms with Gasteiger partial charge in [0, 0.05) is 17.1 Å². The van der Waals surface area contributed by atoms with Gasteiger partial charge in [0.25, 0.3) is 5.76 Å². The molecule has 0 saturated carbocycles. The van der Waals surface area contributed by atoms with Crippen LogP contribution in [-0.2, 0) is 11.3 Å². The molecule has 0 spiro atoms. The lowest BCUT2D eigenvalue weighted by Gasteiger charge is -2.12. The van der Waals surface area contributed by atoms with Crippen molar-refractivity contribution in [2.75, 3.05) is 5.32 Å². The summed E-state index contributed by atoms with van der Waals surface area (Å²) in [5.41, 5.74) is 0.554. The minimum atomic E-state index is -2.46. The van der Waals surface area contributed by atoms with Crippen molar-refractivity contribution in [1.82, 2.24) is 14.8 Å². The lowest BCUT2D eigenvalue weighted by atomic mass is 10.3. The van der Waals surface area contributed by atoms with Gasteiger partial charge in [0.1, 0.15) is 6.33 Å². The number of thioether (sulfide) groups is 2. The molecule has 2 aromatic rings. The third kappa shape index (κ3) is 5.34. The quantitative estimate of drug-likeness (QED) is 0.564. The molecule has 0 fully saturated rings. The molecule has 0 bridgehead atoms. The lowest BCUT2D eigenvalue weighted by molar-refractivity contribution is -0.115. The van der Waals surface area contributed by atoms with Gasteiger partial charge in [-0.25, -0.2) is 0 Å². The van der Waals surface area contributed by atoms with Crippen LogP contribution in [0, 0.1) is 0 Å². The van der Waals surface area contributed by atoms with Crippen LogP contribution < -0.4 is 5.32 Å². The van der Waals surface area contributed by atoms with E-state index >= 15 is 0 Å². The third-order valence-corrected chi connectivity index (χ3v) is 4.72. The van der Waals surface area contributed by atoms with Crippen LogP contribution in [0.4, 0.5) is 14.5 Å². The Balaban J connectivity index is 1.93. The topological polar surface area (TPSA) is 59.8 Å². The van der Waals surface area contributed by atoms with Gasteiger partial charge >= 0.3 is 0 Å². The summed E-state index contributed by atoms with van der Waals surface area (Å²) in [5, 5.41) is 10.8. The predicted molar refractivity (Wildman–Crippen MR) is 92.5 cm³/mol. The number of carbonyl (C=O) groups is 1. The van der Waals surface area contributed by atoms with Crippen LogP contribution >= 0.6 is 23.5 Å². The first kappa shape index (κ1) is 18.5. The van der Waals surface area contributed by atoms with Gasteiger partial charge in [0.05, 0.1) is 5.25 Å². The number of rotatable bonds is 8. The van der Waals surface area contributed by atoms with Gasteiger partial charge in [0.15, 0.2) is 5.16 Å². The molecule has 9 heteroatoms. The number of nitrogens with zero attached hydrogens (tertiary/aromatic N) is 3. The number of halogens is 2. The van der Waals surface area contributed by atoms with Crippen LogP contribution in [0.15, 0.2) is 53.3 Å². The Kier molecular flexibility index (Phi) is 6.80. The molecule has 5 nitrogen and oxygen atoms in total. The summed E-state index contributed by atoms with van der Waals surface area (Å²) in [6, 6.07) is 6.29. The summed E-state index contributed by atoms with van der Waals surface area (Å²) in [6.07, 6.45) is 3.30. The number of hydrogen-bond acceptors (Lipinski definition) is 5. The van der Waals surface area contributed by atoms with Crippen molar-refractivity contribution in [3.8, 4) is 0 Å². The van der Waals surface area contributed by atoms with Crippen LogP contribution in [0.25, 0.3) is 0 Å². The normalized spacial score (nSPS) is 12.2. The summed E-state index contributed by atoms with van der Waals surface area (Å²) in [5.74, 6) is -2.67. The van der Waals surface area contributed by atoms with E-state index in [0.717, 1.165) is 0 Å². The van der Waals surface area contributed by atoms with Crippen molar-refractivity contribution in [2.24, 2.45) is 0 Å². The average Bonchev–Trinajstić information content (AvgIpc) is 2.96. The number of nitrogens with one attached hydrogen (secondary N) is 1. The Morgan fingerprint density at radius 1 is 1.38 bits per heavy atom. The zero-order valence-corrected chi connectivity index (χ0v) is 14.5. The third-order valence-electron chi connectivity index (χ3n) is 2.90. The number of amides is 1. The van der Waals surface area contributed by atoms with Crippen molar-refractivity contribution >= 4 is 35.1 Å². The van der Waals surface area contributed by atoms with E-state index in [1.54, 1.807) is 48.2 Å². The number of allylic oxidation sites excluding steroid dienone is 1. The molecule has 2 rings (SSSR count). The molecule has 128 valence electrons.